The van der Waals surface area contributed by atoms with E-state index in [0.717, 1.165) is 14.7 Å². The van der Waals surface area contributed by atoms with E-state index in [-0.39, 0.29) is 5.91 Å². The Balaban J connectivity index is 3.15. The maximum atomic E-state index is 12.2. The van der Waals surface area contributed by atoms with Crippen LogP contribution in [0.1, 0.15) is 36.7 Å². The number of nitrogens with one attached hydrogen (secondary N) is 1. The third-order valence-electron chi connectivity index (χ3n) is 2.61. The van der Waals surface area contributed by atoms with Crippen molar-refractivity contribution in [2.24, 2.45) is 4.99 Å². The van der Waals surface area contributed by atoms with E-state index in [1.807, 2.05) is 19.1 Å². The first-order valence-corrected chi connectivity index (χ1v) is 7.04. The van der Waals surface area contributed by atoms with Gasteiger partial charge >= 0.3 is 0 Å². The minimum Gasteiger partial charge on any atom is -0.334 e. The molecule has 1 aromatic carbocycles. The van der Waals surface area contributed by atoms with Crippen LogP contribution in [-0.4, -0.2) is 18.2 Å². The fraction of sp³-hybridized carbons (Fsp3) is 0.267. The molecule has 104 valence electrons. The fourth-order valence-corrected chi connectivity index (χ4v) is 2.21. The van der Waals surface area contributed by atoms with E-state index in [0.29, 0.717) is 5.56 Å². The molecule has 0 unspecified atom stereocenters. The first-order chi connectivity index (χ1) is 9.29. The Morgan fingerprint density at radius 3 is 2.60 bits per heavy atom. The van der Waals surface area contributed by atoms with Gasteiger partial charge in [0.05, 0.1) is 6.07 Å². The number of hydrogen-bond donors (Lipinski definition) is 1. The van der Waals surface area contributed by atoms with Crippen LogP contribution in [0.25, 0.3) is 5.57 Å². The molecule has 0 heterocycles. The summed E-state index contributed by atoms with van der Waals surface area (Å²) >= 11 is 2.15. The van der Waals surface area contributed by atoms with Crippen molar-refractivity contribution in [1.82, 2.24) is 5.32 Å². The largest absolute Gasteiger partial charge is 0.334 e. The summed E-state index contributed by atoms with van der Waals surface area (Å²) < 4.78 is 0.942. The molecule has 0 spiro atoms. The summed E-state index contributed by atoms with van der Waals surface area (Å²) in [4.78, 5) is 15.9. The van der Waals surface area contributed by atoms with E-state index in [9.17, 15) is 4.79 Å². The van der Waals surface area contributed by atoms with Gasteiger partial charge in [0.15, 0.2) is 0 Å². The minimum absolute atomic E-state index is 0.268. The molecule has 0 radical (unpaired) electrons. The van der Waals surface area contributed by atoms with Crippen LogP contribution in [0.15, 0.2) is 29.4 Å². The number of rotatable bonds is 4. The third kappa shape index (κ3) is 4.46. The smallest absolute Gasteiger partial charge is 0.252 e. The molecule has 5 heteroatoms. The molecule has 0 fully saturated rings. The maximum absolute atomic E-state index is 12.2. The number of nitriles is 1. The van der Waals surface area contributed by atoms with Gasteiger partial charge in [0.1, 0.15) is 5.54 Å². The van der Waals surface area contributed by atoms with Gasteiger partial charge in [0, 0.05) is 15.3 Å². The van der Waals surface area contributed by atoms with Gasteiger partial charge < -0.3 is 5.32 Å². The Kier molecular flexibility index (Phi) is 5.45. The van der Waals surface area contributed by atoms with Gasteiger partial charge in [-0.15, -0.1) is 0 Å². The summed E-state index contributed by atoms with van der Waals surface area (Å²) in [7, 11) is 0. The van der Waals surface area contributed by atoms with Crippen molar-refractivity contribution in [3.63, 3.8) is 0 Å². The predicted molar refractivity (Wildman–Crippen MR) is 89.5 cm³/mol. The van der Waals surface area contributed by atoms with Gasteiger partial charge in [0.2, 0.25) is 0 Å². The third-order valence-corrected chi connectivity index (χ3v) is 3.23. The summed E-state index contributed by atoms with van der Waals surface area (Å²) in [6.07, 6.45) is 1.65. The molecule has 1 aromatic rings. The summed E-state index contributed by atoms with van der Waals surface area (Å²) in [5.41, 5.74) is 1.45. The Morgan fingerprint density at radius 1 is 1.45 bits per heavy atom. The van der Waals surface area contributed by atoms with Gasteiger partial charge in [-0.1, -0.05) is 0 Å². The predicted octanol–water partition coefficient (Wildman–Crippen LogP) is 3.38. The highest BCUT2D eigenvalue weighted by Crippen LogP contribution is 2.20. The quantitative estimate of drug-likeness (QED) is 0.642. The fourth-order valence-electron chi connectivity index (χ4n) is 1.54. The number of amides is 1. The monoisotopic (exact) mass is 381 g/mol. The molecule has 0 saturated heterocycles. The Bertz CT molecular complexity index is 612. The highest BCUT2D eigenvalue weighted by molar-refractivity contribution is 14.1. The maximum Gasteiger partial charge on any atom is 0.252 e. The number of carbonyl (C=O) groups is 1. The van der Waals surface area contributed by atoms with E-state index in [4.69, 9.17) is 5.26 Å². The SMILES string of the molecule is C=N/C=C(\C)c1cc(I)cc(C(=O)NC(C)(C)C#N)c1. The number of aliphatic imine (C=N–C) groups is 1. The van der Waals surface area contributed by atoms with Crippen molar-refractivity contribution in [3.05, 3.63) is 39.1 Å². The standard InChI is InChI=1S/C15H16IN3O/c1-10(8-18-4)11-5-12(7-13(16)6-11)14(20)19-15(2,3)9-17/h5-8H,4H2,1-3H3,(H,19,20)/b10-8+. The van der Waals surface area contributed by atoms with Crippen LogP contribution in [0.2, 0.25) is 0 Å². The molecule has 0 aliphatic rings. The zero-order chi connectivity index (χ0) is 15.3. The zero-order valence-corrected chi connectivity index (χ0v) is 13.9. The van der Waals surface area contributed by atoms with Crippen molar-refractivity contribution in [1.29, 1.82) is 5.26 Å². The van der Waals surface area contributed by atoms with Gasteiger partial charge in [-0.3, -0.25) is 9.79 Å². The molecule has 0 atom stereocenters. The molecule has 0 aliphatic heterocycles. The first-order valence-electron chi connectivity index (χ1n) is 5.96. The normalized spacial score (nSPS) is 11.7. The summed E-state index contributed by atoms with van der Waals surface area (Å²) in [5.74, 6) is -0.268. The average Bonchev–Trinajstić information content (AvgIpc) is 2.37. The van der Waals surface area contributed by atoms with Crippen molar-refractivity contribution in [3.8, 4) is 6.07 Å². The lowest BCUT2D eigenvalue weighted by Gasteiger charge is -2.18. The van der Waals surface area contributed by atoms with Crippen molar-refractivity contribution < 1.29 is 4.79 Å². The van der Waals surface area contributed by atoms with Gasteiger partial charge in [0.25, 0.3) is 5.91 Å². The molecule has 0 saturated carbocycles. The second kappa shape index (κ2) is 6.66. The van der Waals surface area contributed by atoms with Crippen LogP contribution in [0.3, 0.4) is 0 Å². The Morgan fingerprint density at radius 2 is 2.05 bits per heavy atom. The molecule has 4 nitrogen and oxygen atoms in total. The lowest BCUT2D eigenvalue weighted by atomic mass is 10.0. The molecular weight excluding hydrogens is 365 g/mol. The van der Waals surface area contributed by atoms with Crippen LogP contribution in [0, 0.1) is 14.9 Å². The molecule has 0 aliphatic carbocycles. The first kappa shape index (κ1) is 16.4. The average molecular weight is 381 g/mol. The van der Waals surface area contributed by atoms with E-state index < -0.39 is 5.54 Å². The lowest BCUT2D eigenvalue weighted by Crippen LogP contribution is -2.42. The highest BCUT2D eigenvalue weighted by Gasteiger charge is 2.20. The summed E-state index contributed by atoms with van der Waals surface area (Å²) in [5, 5.41) is 11.7. The number of carbonyl (C=O) groups excluding carboxylic acids is 1. The molecule has 1 N–H and O–H groups in total. The van der Waals surface area contributed by atoms with Crippen molar-refractivity contribution in [2.75, 3.05) is 0 Å². The number of benzene rings is 1. The second-order valence-electron chi connectivity index (χ2n) is 4.91. The second-order valence-corrected chi connectivity index (χ2v) is 6.16. The van der Waals surface area contributed by atoms with E-state index in [1.165, 1.54) is 0 Å². The minimum atomic E-state index is -0.897. The van der Waals surface area contributed by atoms with Gasteiger partial charge in [-0.05, 0) is 79.4 Å². The lowest BCUT2D eigenvalue weighted by molar-refractivity contribution is 0.0929. The molecular formula is C15H16IN3O. The van der Waals surface area contributed by atoms with E-state index >= 15 is 0 Å². The Labute approximate surface area is 132 Å². The number of hydrogen-bond acceptors (Lipinski definition) is 3. The summed E-state index contributed by atoms with van der Waals surface area (Å²) in [6, 6.07) is 7.57. The number of nitrogens with zero attached hydrogens (tertiary/aromatic N) is 2. The zero-order valence-electron chi connectivity index (χ0n) is 11.7. The van der Waals surface area contributed by atoms with Crippen LogP contribution in [0.4, 0.5) is 0 Å². The molecule has 0 bridgehead atoms. The van der Waals surface area contributed by atoms with Gasteiger partial charge in [-0.2, -0.15) is 5.26 Å². The van der Waals surface area contributed by atoms with E-state index in [1.54, 1.807) is 32.2 Å². The molecule has 1 rings (SSSR count). The van der Waals surface area contributed by atoms with Crippen LogP contribution >= 0.6 is 22.6 Å². The highest BCUT2D eigenvalue weighted by atomic mass is 127. The Hall–Kier alpha value is -1.68. The van der Waals surface area contributed by atoms with Crippen LogP contribution in [-0.2, 0) is 0 Å². The van der Waals surface area contributed by atoms with Crippen LogP contribution in [0.5, 0.6) is 0 Å². The van der Waals surface area contributed by atoms with E-state index in [2.05, 4.69) is 39.6 Å². The summed E-state index contributed by atoms with van der Waals surface area (Å²) in [6.45, 7) is 8.64. The number of allylic oxidation sites excluding steroid dienone is 1. The molecule has 20 heavy (non-hydrogen) atoms. The number of halogens is 1. The molecule has 1 amide bonds. The molecule has 0 aromatic heterocycles. The van der Waals surface area contributed by atoms with Gasteiger partial charge in [-0.25, -0.2) is 0 Å². The topological polar surface area (TPSA) is 65.2 Å². The van der Waals surface area contributed by atoms with Crippen LogP contribution < -0.4 is 5.32 Å². The van der Waals surface area contributed by atoms with Crippen molar-refractivity contribution in [2.45, 2.75) is 26.3 Å². The van der Waals surface area contributed by atoms with Crippen molar-refractivity contribution >= 4 is 40.8 Å².